The molecule has 0 atom stereocenters. The number of halogens is 1. The summed E-state index contributed by atoms with van der Waals surface area (Å²) >= 11 is 8.01. The normalized spacial score (nSPS) is 11.5. The average molecular weight is 357 g/mol. The van der Waals surface area contributed by atoms with Crippen molar-refractivity contribution in [3.8, 4) is 0 Å². The highest BCUT2D eigenvalue weighted by molar-refractivity contribution is 7.26. The maximum atomic E-state index is 6.37. The molecule has 0 aliphatic carbocycles. The third kappa shape index (κ3) is 2.44. The summed E-state index contributed by atoms with van der Waals surface area (Å²) in [5.41, 5.74) is 5.42. The Morgan fingerprint density at radius 1 is 1.17 bits per heavy atom. The molecule has 0 amide bonds. The van der Waals surface area contributed by atoms with E-state index >= 15 is 0 Å². The first-order valence-electron chi connectivity index (χ1n) is 7.77. The molecule has 0 fully saturated rings. The first kappa shape index (κ1) is 15.4. The fourth-order valence-electron chi connectivity index (χ4n) is 2.88. The van der Waals surface area contributed by atoms with Gasteiger partial charge in [-0.15, -0.1) is 11.3 Å². The van der Waals surface area contributed by atoms with Crippen molar-refractivity contribution < 1.29 is 0 Å². The number of pyridine rings is 1. The lowest BCUT2D eigenvalue weighted by Gasteiger charge is -2.03. The van der Waals surface area contributed by atoms with Crippen molar-refractivity contribution in [2.75, 3.05) is 5.32 Å². The highest BCUT2D eigenvalue weighted by atomic mass is 35.5. The number of rotatable bonds is 3. The number of anilines is 1. The Hall–Kier alpha value is -2.11. The first-order valence-corrected chi connectivity index (χ1v) is 8.96. The molecule has 3 heterocycles. The van der Waals surface area contributed by atoms with Crippen LogP contribution in [0, 0.1) is 20.8 Å². The largest absolute Gasteiger partial charge is 0.363 e. The molecule has 0 bridgehead atoms. The van der Waals surface area contributed by atoms with Crippen LogP contribution in [0.15, 0.2) is 24.3 Å². The molecule has 3 aromatic heterocycles. The number of benzene rings is 1. The second-order valence-corrected chi connectivity index (χ2v) is 7.41. The first-order chi connectivity index (χ1) is 11.5. The molecule has 0 unspecified atom stereocenters. The Bertz CT molecular complexity index is 1050. The van der Waals surface area contributed by atoms with Crippen molar-refractivity contribution in [2.45, 2.75) is 27.3 Å². The molecule has 1 aromatic carbocycles. The summed E-state index contributed by atoms with van der Waals surface area (Å²) in [6.07, 6.45) is 0. The smallest absolute Gasteiger partial charge is 0.166 e. The summed E-state index contributed by atoms with van der Waals surface area (Å²) in [5.74, 6) is 0.863. The Labute approximate surface area is 148 Å². The number of aromatic nitrogens is 3. The minimum atomic E-state index is 0.728. The number of thiophene rings is 1. The van der Waals surface area contributed by atoms with E-state index in [1.54, 1.807) is 11.3 Å². The van der Waals surface area contributed by atoms with Gasteiger partial charge in [0.1, 0.15) is 4.83 Å². The summed E-state index contributed by atoms with van der Waals surface area (Å²) in [5, 5.41) is 12.8. The number of nitrogens with one attached hydrogen (secondary N) is 2. The molecule has 2 N–H and O–H groups in total. The Balaban J connectivity index is 1.73. The Morgan fingerprint density at radius 3 is 2.67 bits per heavy atom. The van der Waals surface area contributed by atoms with Crippen LogP contribution in [0.25, 0.3) is 20.4 Å². The minimum absolute atomic E-state index is 0.728. The number of H-pyrrole nitrogens is 1. The standard InChI is InChI=1S/C18H17ClN4S/c1-9-4-6-12(7-5-9)8-20-17-16-15(22-23-17)13-10(2)14(19)11(3)21-18(13)24-16/h4-7H,8H2,1-3H3,(H2,20,22,23). The average Bonchev–Trinajstić information content (AvgIpc) is 3.11. The van der Waals surface area contributed by atoms with Crippen LogP contribution in [-0.4, -0.2) is 15.2 Å². The van der Waals surface area contributed by atoms with Gasteiger partial charge in [-0.1, -0.05) is 41.4 Å². The number of hydrogen-bond acceptors (Lipinski definition) is 4. The predicted octanol–water partition coefficient (Wildman–Crippen LogP) is 5.36. The summed E-state index contributed by atoms with van der Waals surface area (Å²) < 4.78 is 1.09. The van der Waals surface area contributed by atoms with E-state index in [-0.39, 0.29) is 0 Å². The highest BCUT2D eigenvalue weighted by Crippen LogP contribution is 2.39. The van der Waals surface area contributed by atoms with Crippen molar-refractivity contribution in [1.29, 1.82) is 0 Å². The van der Waals surface area contributed by atoms with Crippen LogP contribution in [0.3, 0.4) is 0 Å². The summed E-state index contributed by atoms with van der Waals surface area (Å²) in [4.78, 5) is 5.62. The highest BCUT2D eigenvalue weighted by Gasteiger charge is 2.17. The van der Waals surface area contributed by atoms with Gasteiger partial charge in [-0.05, 0) is 31.9 Å². The molecule has 122 valence electrons. The van der Waals surface area contributed by atoms with Gasteiger partial charge in [-0.3, -0.25) is 5.10 Å². The van der Waals surface area contributed by atoms with Crippen LogP contribution < -0.4 is 5.32 Å². The number of nitrogens with zero attached hydrogens (tertiary/aromatic N) is 2. The molecular formula is C18H17ClN4S. The van der Waals surface area contributed by atoms with E-state index in [4.69, 9.17) is 11.6 Å². The molecule has 4 rings (SSSR count). The van der Waals surface area contributed by atoms with E-state index in [0.29, 0.717) is 0 Å². The van der Waals surface area contributed by atoms with Gasteiger partial charge in [0.2, 0.25) is 0 Å². The molecule has 0 aliphatic heterocycles. The van der Waals surface area contributed by atoms with E-state index in [1.165, 1.54) is 11.1 Å². The molecular weight excluding hydrogens is 340 g/mol. The van der Waals surface area contributed by atoms with Crippen molar-refractivity contribution in [1.82, 2.24) is 15.2 Å². The monoisotopic (exact) mass is 356 g/mol. The van der Waals surface area contributed by atoms with E-state index in [0.717, 1.165) is 49.1 Å². The SMILES string of the molecule is Cc1ccc(CNc2n[nH]c3c2sc2nc(C)c(Cl)c(C)c23)cc1. The molecule has 4 nitrogen and oxygen atoms in total. The fourth-order valence-corrected chi connectivity index (χ4v) is 4.21. The van der Waals surface area contributed by atoms with Crippen LogP contribution >= 0.6 is 22.9 Å². The van der Waals surface area contributed by atoms with E-state index in [9.17, 15) is 0 Å². The third-order valence-electron chi connectivity index (χ3n) is 4.26. The zero-order valence-electron chi connectivity index (χ0n) is 13.7. The van der Waals surface area contributed by atoms with Gasteiger partial charge in [0.05, 0.1) is 20.9 Å². The van der Waals surface area contributed by atoms with E-state index in [1.807, 2.05) is 13.8 Å². The molecule has 24 heavy (non-hydrogen) atoms. The molecule has 6 heteroatoms. The predicted molar refractivity (Wildman–Crippen MR) is 102 cm³/mol. The van der Waals surface area contributed by atoms with Gasteiger partial charge < -0.3 is 5.32 Å². The van der Waals surface area contributed by atoms with Crippen molar-refractivity contribution in [2.24, 2.45) is 0 Å². The zero-order valence-corrected chi connectivity index (χ0v) is 15.3. The van der Waals surface area contributed by atoms with Crippen LogP contribution in [-0.2, 0) is 6.54 Å². The van der Waals surface area contributed by atoms with Crippen LogP contribution in [0.1, 0.15) is 22.4 Å². The van der Waals surface area contributed by atoms with Crippen molar-refractivity contribution in [3.63, 3.8) is 0 Å². The lowest BCUT2D eigenvalue weighted by Crippen LogP contribution is -1.99. The van der Waals surface area contributed by atoms with Gasteiger partial charge in [0.25, 0.3) is 0 Å². The van der Waals surface area contributed by atoms with E-state index < -0.39 is 0 Å². The van der Waals surface area contributed by atoms with Gasteiger partial charge in [-0.25, -0.2) is 4.98 Å². The zero-order chi connectivity index (χ0) is 16.8. The second-order valence-electron chi connectivity index (χ2n) is 6.03. The lowest BCUT2D eigenvalue weighted by atomic mass is 10.1. The number of fused-ring (bicyclic) bond motifs is 3. The summed E-state index contributed by atoms with van der Waals surface area (Å²) in [6.45, 7) is 6.80. The van der Waals surface area contributed by atoms with E-state index in [2.05, 4.69) is 51.7 Å². The van der Waals surface area contributed by atoms with Gasteiger partial charge in [0, 0.05) is 11.9 Å². The quantitative estimate of drug-likeness (QED) is 0.519. The van der Waals surface area contributed by atoms with Gasteiger partial charge >= 0.3 is 0 Å². The third-order valence-corrected chi connectivity index (χ3v) is 5.90. The van der Waals surface area contributed by atoms with Crippen LogP contribution in [0.4, 0.5) is 5.82 Å². The topological polar surface area (TPSA) is 53.6 Å². The number of aromatic amines is 1. The number of aryl methyl sites for hydroxylation is 3. The summed E-state index contributed by atoms with van der Waals surface area (Å²) in [7, 11) is 0. The molecule has 0 saturated heterocycles. The van der Waals surface area contributed by atoms with Gasteiger partial charge in [-0.2, -0.15) is 5.10 Å². The van der Waals surface area contributed by atoms with Crippen LogP contribution in [0.2, 0.25) is 5.02 Å². The molecule has 0 saturated carbocycles. The van der Waals surface area contributed by atoms with Crippen LogP contribution in [0.5, 0.6) is 0 Å². The Kier molecular flexibility index (Phi) is 3.70. The lowest BCUT2D eigenvalue weighted by molar-refractivity contribution is 1.06. The molecule has 0 radical (unpaired) electrons. The van der Waals surface area contributed by atoms with Crippen molar-refractivity contribution >= 4 is 49.2 Å². The molecule has 4 aromatic rings. The summed E-state index contributed by atoms with van der Waals surface area (Å²) in [6, 6.07) is 8.50. The molecule has 0 spiro atoms. The second kappa shape index (κ2) is 5.76. The van der Waals surface area contributed by atoms with Crippen molar-refractivity contribution in [3.05, 3.63) is 51.7 Å². The Morgan fingerprint density at radius 2 is 1.92 bits per heavy atom. The maximum Gasteiger partial charge on any atom is 0.166 e. The van der Waals surface area contributed by atoms with Gasteiger partial charge in [0.15, 0.2) is 5.82 Å². The maximum absolute atomic E-state index is 6.37. The fraction of sp³-hybridized carbons (Fsp3) is 0.222. The molecule has 0 aliphatic rings. The minimum Gasteiger partial charge on any atom is -0.363 e. The number of hydrogen-bond donors (Lipinski definition) is 2.